The fraction of sp³-hybridized carbons (Fsp3) is 0.545. The molecule has 0 aromatic carbocycles. The minimum atomic E-state index is -3.80. The molecule has 2 N–H and O–H groups in total. The monoisotopic (exact) mass is 368 g/mol. The van der Waals surface area contributed by atoms with E-state index in [0.29, 0.717) is 6.54 Å². The molecule has 0 spiro atoms. The summed E-state index contributed by atoms with van der Waals surface area (Å²) in [5.41, 5.74) is 0. The Morgan fingerprint density at radius 2 is 2.05 bits per heavy atom. The van der Waals surface area contributed by atoms with Crippen molar-refractivity contribution in [3.8, 4) is 0 Å². The first kappa shape index (κ1) is 17.2. The van der Waals surface area contributed by atoms with E-state index in [1.165, 1.54) is 0 Å². The molecule has 9 heteroatoms. The second-order valence-corrected chi connectivity index (χ2v) is 6.43. The van der Waals surface area contributed by atoms with Gasteiger partial charge in [-0.1, -0.05) is 13.8 Å². The molecule has 0 aliphatic rings. The van der Waals surface area contributed by atoms with Crippen LogP contribution in [-0.2, 0) is 10.0 Å². The van der Waals surface area contributed by atoms with Crippen molar-refractivity contribution in [2.45, 2.75) is 18.7 Å². The van der Waals surface area contributed by atoms with Gasteiger partial charge in [-0.2, -0.15) is 0 Å². The topological polar surface area (TPSA) is 99.9 Å². The van der Waals surface area contributed by atoms with Gasteiger partial charge in [0.15, 0.2) is 4.67 Å². The van der Waals surface area contributed by atoms with Gasteiger partial charge in [0.1, 0.15) is 4.90 Å². The molecule has 0 unspecified atom stereocenters. The van der Waals surface area contributed by atoms with Gasteiger partial charge < -0.3 is 14.4 Å². The number of carboxylic acids is 1. The molecule has 0 bridgehead atoms. The number of hydrogen-bond acceptors (Lipinski definition) is 5. The van der Waals surface area contributed by atoms with Crippen LogP contribution in [0.5, 0.6) is 0 Å². The van der Waals surface area contributed by atoms with Gasteiger partial charge in [0.25, 0.3) is 0 Å². The van der Waals surface area contributed by atoms with Crippen molar-refractivity contribution in [2.75, 3.05) is 26.2 Å². The number of rotatable bonds is 8. The second kappa shape index (κ2) is 7.21. The Morgan fingerprint density at radius 1 is 1.45 bits per heavy atom. The Morgan fingerprint density at radius 3 is 2.50 bits per heavy atom. The SMILES string of the molecule is CCN(CC)CCNS(=O)(=O)c1cc(C(=O)O)oc1Br. The minimum absolute atomic E-state index is 0.120. The molecule has 1 aromatic rings. The summed E-state index contributed by atoms with van der Waals surface area (Å²) in [5, 5.41) is 8.76. The predicted molar refractivity (Wildman–Crippen MR) is 76.3 cm³/mol. The number of likely N-dealkylation sites (N-methyl/N-ethyl adjacent to an activating group) is 1. The molecular formula is C11H17BrN2O5S. The average molecular weight is 369 g/mol. The van der Waals surface area contributed by atoms with Crippen molar-refractivity contribution < 1.29 is 22.7 Å². The summed E-state index contributed by atoms with van der Waals surface area (Å²) in [6.07, 6.45) is 0. The van der Waals surface area contributed by atoms with Crippen LogP contribution < -0.4 is 4.72 Å². The lowest BCUT2D eigenvalue weighted by Gasteiger charge is -2.17. The van der Waals surface area contributed by atoms with Crippen LogP contribution in [0.2, 0.25) is 0 Å². The molecule has 20 heavy (non-hydrogen) atoms. The van der Waals surface area contributed by atoms with Crippen LogP contribution in [0.1, 0.15) is 24.4 Å². The number of carbonyl (C=O) groups is 1. The highest BCUT2D eigenvalue weighted by atomic mass is 79.9. The van der Waals surface area contributed by atoms with E-state index in [1.54, 1.807) is 0 Å². The largest absolute Gasteiger partial charge is 0.475 e. The summed E-state index contributed by atoms with van der Waals surface area (Å²) >= 11 is 2.91. The molecule has 0 atom stereocenters. The number of sulfonamides is 1. The molecule has 0 saturated heterocycles. The van der Waals surface area contributed by atoms with Gasteiger partial charge in [-0.25, -0.2) is 17.9 Å². The van der Waals surface area contributed by atoms with Gasteiger partial charge in [0, 0.05) is 19.2 Å². The summed E-state index contributed by atoms with van der Waals surface area (Å²) < 4.78 is 31.2. The first-order chi connectivity index (χ1) is 9.31. The van der Waals surface area contributed by atoms with Crippen molar-refractivity contribution in [2.24, 2.45) is 0 Å². The highest BCUT2D eigenvalue weighted by Gasteiger charge is 2.24. The van der Waals surface area contributed by atoms with Crippen LogP contribution in [-0.4, -0.2) is 50.6 Å². The standard InChI is InChI=1S/C11H17BrN2O5S/c1-3-14(4-2)6-5-13-20(17,18)9-7-8(11(15)16)19-10(9)12/h7,13H,3-6H2,1-2H3,(H,15,16). The number of hydrogen-bond donors (Lipinski definition) is 2. The minimum Gasteiger partial charge on any atom is -0.475 e. The lowest BCUT2D eigenvalue weighted by Crippen LogP contribution is -2.34. The molecular weight excluding hydrogens is 352 g/mol. The number of aromatic carboxylic acids is 1. The zero-order valence-electron chi connectivity index (χ0n) is 11.2. The zero-order chi connectivity index (χ0) is 15.3. The maximum Gasteiger partial charge on any atom is 0.371 e. The van der Waals surface area contributed by atoms with E-state index in [-0.39, 0.29) is 16.1 Å². The van der Waals surface area contributed by atoms with Crippen LogP contribution in [0.25, 0.3) is 0 Å². The number of nitrogens with zero attached hydrogens (tertiary/aromatic N) is 1. The molecule has 0 fully saturated rings. The lowest BCUT2D eigenvalue weighted by molar-refractivity contribution is 0.0661. The number of carboxylic acid groups (broad SMARTS) is 1. The van der Waals surface area contributed by atoms with Gasteiger partial charge >= 0.3 is 5.97 Å². The molecule has 0 amide bonds. The van der Waals surface area contributed by atoms with E-state index < -0.39 is 21.8 Å². The Bertz CT molecular complexity index is 565. The third kappa shape index (κ3) is 4.30. The van der Waals surface area contributed by atoms with Crippen molar-refractivity contribution in [3.63, 3.8) is 0 Å². The van der Waals surface area contributed by atoms with Crippen LogP contribution >= 0.6 is 15.9 Å². The van der Waals surface area contributed by atoms with E-state index in [2.05, 4.69) is 25.6 Å². The van der Waals surface area contributed by atoms with Gasteiger partial charge in [-0.3, -0.25) is 0 Å². The van der Waals surface area contributed by atoms with Crippen molar-refractivity contribution in [3.05, 3.63) is 16.5 Å². The molecule has 0 saturated carbocycles. The predicted octanol–water partition coefficient (Wildman–Crippen LogP) is 1.36. The fourth-order valence-corrected chi connectivity index (χ4v) is 3.56. The van der Waals surface area contributed by atoms with Crippen molar-refractivity contribution >= 4 is 31.9 Å². The first-order valence-electron chi connectivity index (χ1n) is 6.06. The fourth-order valence-electron chi connectivity index (χ4n) is 1.60. The second-order valence-electron chi connectivity index (χ2n) is 3.98. The van der Waals surface area contributed by atoms with E-state index in [9.17, 15) is 13.2 Å². The molecule has 7 nitrogen and oxygen atoms in total. The highest BCUT2D eigenvalue weighted by Crippen LogP contribution is 2.25. The summed E-state index contributed by atoms with van der Waals surface area (Å²) in [5.74, 6) is -1.75. The number of furan rings is 1. The van der Waals surface area contributed by atoms with E-state index in [4.69, 9.17) is 9.52 Å². The maximum absolute atomic E-state index is 12.0. The van der Waals surface area contributed by atoms with Crippen LogP contribution in [0.3, 0.4) is 0 Å². The molecule has 0 radical (unpaired) electrons. The van der Waals surface area contributed by atoms with Gasteiger partial charge in [-0.15, -0.1) is 0 Å². The van der Waals surface area contributed by atoms with E-state index >= 15 is 0 Å². The molecule has 1 rings (SSSR count). The molecule has 1 heterocycles. The molecule has 114 valence electrons. The maximum atomic E-state index is 12.0. The van der Waals surface area contributed by atoms with Crippen molar-refractivity contribution in [1.29, 1.82) is 0 Å². The van der Waals surface area contributed by atoms with Gasteiger partial charge in [0.05, 0.1) is 0 Å². The summed E-state index contributed by atoms with van der Waals surface area (Å²) in [6.45, 7) is 6.46. The first-order valence-corrected chi connectivity index (χ1v) is 8.34. The van der Waals surface area contributed by atoms with Gasteiger partial charge in [-0.05, 0) is 29.0 Å². The van der Waals surface area contributed by atoms with E-state index in [0.717, 1.165) is 19.2 Å². The van der Waals surface area contributed by atoms with Crippen LogP contribution in [0.15, 0.2) is 20.0 Å². The van der Waals surface area contributed by atoms with Crippen LogP contribution in [0.4, 0.5) is 0 Å². The third-order valence-corrected chi connectivity index (χ3v) is 5.09. The van der Waals surface area contributed by atoms with Crippen molar-refractivity contribution in [1.82, 2.24) is 9.62 Å². The zero-order valence-corrected chi connectivity index (χ0v) is 13.6. The molecule has 0 aliphatic carbocycles. The quantitative estimate of drug-likeness (QED) is 0.718. The lowest BCUT2D eigenvalue weighted by atomic mass is 10.5. The summed E-state index contributed by atoms with van der Waals surface area (Å²) in [7, 11) is -3.80. The number of nitrogens with one attached hydrogen (secondary N) is 1. The molecule has 0 aliphatic heterocycles. The van der Waals surface area contributed by atoms with Crippen LogP contribution in [0, 0.1) is 0 Å². The molecule has 1 aromatic heterocycles. The normalized spacial score (nSPS) is 12.0. The highest BCUT2D eigenvalue weighted by molar-refractivity contribution is 9.10. The Labute approximate surface area is 126 Å². The third-order valence-electron chi connectivity index (χ3n) is 2.77. The Kier molecular flexibility index (Phi) is 6.18. The Balaban J connectivity index is 2.76. The Hall–Kier alpha value is -0.900. The average Bonchev–Trinajstić information content (AvgIpc) is 2.78. The summed E-state index contributed by atoms with van der Waals surface area (Å²) in [4.78, 5) is 12.6. The summed E-state index contributed by atoms with van der Waals surface area (Å²) in [6, 6.07) is 0.978. The van der Waals surface area contributed by atoms with E-state index in [1.807, 2.05) is 13.8 Å². The number of halogens is 1. The van der Waals surface area contributed by atoms with Gasteiger partial charge in [0.2, 0.25) is 15.8 Å². The smallest absolute Gasteiger partial charge is 0.371 e.